The van der Waals surface area contributed by atoms with Gasteiger partial charge in [-0.05, 0) is 31.4 Å². The molecule has 1 aromatic carbocycles. The van der Waals surface area contributed by atoms with Gasteiger partial charge < -0.3 is 10.2 Å². The number of amides is 1. The van der Waals surface area contributed by atoms with Gasteiger partial charge in [-0.15, -0.1) is 0 Å². The Morgan fingerprint density at radius 1 is 1.15 bits per heavy atom. The molecule has 1 aliphatic heterocycles. The van der Waals surface area contributed by atoms with Crippen LogP contribution in [-0.4, -0.2) is 55.7 Å². The van der Waals surface area contributed by atoms with Gasteiger partial charge in [0.05, 0.1) is 23.2 Å². The summed E-state index contributed by atoms with van der Waals surface area (Å²) in [6, 6.07) is 7.29. The Bertz CT molecular complexity index is 647. The largest absolute Gasteiger partial charge is 0.391 e. The minimum atomic E-state index is -4.17. The third-order valence-corrected chi connectivity index (χ3v) is 5.75. The second-order valence-corrected chi connectivity index (χ2v) is 7.79. The van der Waals surface area contributed by atoms with E-state index in [4.69, 9.17) is 11.6 Å². The van der Waals surface area contributed by atoms with E-state index in [0.29, 0.717) is 31.0 Å². The standard InChI is InChI=1S/C19H25ClF3N3O/c20-16-6-1-2-7-17(16)26-10-8-25(9-11-26)13-18(27)24-15-5-3-4-14(12-15)19(21,22)23/h1-2,6-7,14-15H,3-5,8-13H2,(H,24,27). The molecule has 8 heteroatoms. The molecular formula is C19H25ClF3N3O. The maximum Gasteiger partial charge on any atom is 0.391 e. The SMILES string of the molecule is O=C(CN1CCN(c2ccccc2Cl)CC1)NC1CCCC(C(F)(F)F)C1. The molecule has 1 heterocycles. The molecule has 0 radical (unpaired) electrons. The van der Waals surface area contributed by atoms with Crippen molar-refractivity contribution in [2.45, 2.75) is 37.9 Å². The zero-order valence-electron chi connectivity index (χ0n) is 15.1. The summed E-state index contributed by atoms with van der Waals surface area (Å²) in [5.41, 5.74) is 0.990. The first-order chi connectivity index (χ1) is 12.8. The quantitative estimate of drug-likeness (QED) is 0.832. The number of piperazine rings is 1. The van der Waals surface area contributed by atoms with E-state index >= 15 is 0 Å². The zero-order valence-corrected chi connectivity index (χ0v) is 15.9. The molecule has 2 unspecified atom stereocenters. The lowest BCUT2D eigenvalue weighted by molar-refractivity contribution is -0.184. The van der Waals surface area contributed by atoms with Crippen molar-refractivity contribution < 1.29 is 18.0 Å². The third-order valence-electron chi connectivity index (χ3n) is 5.43. The molecule has 0 spiro atoms. The van der Waals surface area contributed by atoms with Gasteiger partial charge in [0.2, 0.25) is 5.91 Å². The van der Waals surface area contributed by atoms with Gasteiger partial charge in [-0.3, -0.25) is 9.69 Å². The summed E-state index contributed by atoms with van der Waals surface area (Å²) in [4.78, 5) is 16.5. The van der Waals surface area contributed by atoms with Crippen LogP contribution < -0.4 is 10.2 Å². The fourth-order valence-corrected chi connectivity index (χ4v) is 4.20. The second kappa shape index (κ2) is 8.69. The van der Waals surface area contributed by atoms with E-state index in [1.54, 1.807) is 0 Å². The fourth-order valence-electron chi connectivity index (χ4n) is 3.95. The lowest BCUT2D eigenvalue weighted by Gasteiger charge is -2.36. The molecule has 1 amide bonds. The van der Waals surface area contributed by atoms with Crippen molar-refractivity contribution in [2.75, 3.05) is 37.6 Å². The van der Waals surface area contributed by atoms with Gasteiger partial charge in [-0.2, -0.15) is 13.2 Å². The van der Waals surface area contributed by atoms with Crippen LogP contribution in [0.3, 0.4) is 0 Å². The Morgan fingerprint density at radius 2 is 1.85 bits per heavy atom. The second-order valence-electron chi connectivity index (χ2n) is 7.38. The first-order valence-electron chi connectivity index (χ1n) is 9.41. The molecule has 150 valence electrons. The number of hydrogen-bond donors (Lipinski definition) is 1. The molecule has 1 saturated heterocycles. The van der Waals surface area contributed by atoms with E-state index in [2.05, 4.69) is 10.2 Å². The van der Waals surface area contributed by atoms with Crippen LogP contribution in [0.25, 0.3) is 0 Å². The average Bonchev–Trinajstić information content (AvgIpc) is 2.62. The van der Waals surface area contributed by atoms with Crippen molar-refractivity contribution in [1.82, 2.24) is 10.2 Å². The average molecular weight is 404 g/mol. The lowest BCUT2D eigenvalue weighted by Crippen LogP contribution is -2.51. The van der Waals surface area contributed by atoms with Crippen LogP contribution in [-0.2, 0) is 4.79 Å². The van der Waals surface area contributed by atoms with E-state index < -0.39 is 12.1 Å². The zero-order chi connectivity index (χ0) is 19.4. The highest BCUT2D eigenvalue weighted by molar-refractivity contribution is 6.33. The summed E-state index contributed by atoms with van der Waals surface area (Å²) in [5, 5.41) is 3.51. The molecule has 0 aromatic heterocycles. The molecule has 3 rings (SSSR count). The summed E-state index contributed by atoms with van der Waals surface area (Å²) < 4.78 is 38.7. The lowest BCUT2D eigenvalue weighted by atomic mass is 9.85. The van der Waals surface area contributed by atoms with Gasteiger partial charge in [0, 0.05) is 32.2 Å². The molecule has 2 fully saturated rings. The number of para-hydroxylation sites is 1. The number of benzene rings is 1. The number of hydrogen-bond acceptors (Lipinski definition) is 3. The molecule has 2 atom stereocenters. The number of halogens is 4. The van der Waals surface area contributed by atoms with Crippen molar-refractivity contribution in [2.24, 2.45) is 5.92 Å². The molecular weight excluding hydrogens is 379 g/mol. The molecule has 1 aromatic rings. The highest BCUT2D eigenvalue weighted by Gasteiger charge is 2.42. The third kappa shape index (κ3) is 5.51. The van der Waals surface area contributed by atoms with Crippen LogP contribution in [0.2, 0.25) is 5.02 Å². The normalized spacial score (nSPS) is 24.7. The Balaban J connectivity index is 1.44. The molecule has 1 N–H and O–H groups in total. The van der Waals surface area contributed by atoms with Crippen LogP contribution >= 0.6 is 11.6 Å². The van der Waals surface area contributed by atoms with Crippen molar-refractivity contribution in [3.8, 4) is 0 Å². The first-order valence-corrected chi connectivity index (χ1v) is 9.78. The molecule has 27 heavy (non-hydrogen) atoms. The highest BCUT2D eigenvalue weighted by Crippen LogP contribution is 2.37. The van der Waals surface area contributed by atoms with Gasteiger partial charge in [-0.25, -0.2) is 0 Å². The predicted molar refractivity (Wildman–Crippen MR) is 100 cm³/mol. The first kappa shape index (κ1) is 20.3. The van der Waals surface area contributed by atoms with Crippen molar-refractivity contribution in [3.05, 3.63) is 29.3 Å². The Hall–Kier alpha value is -1.47. The van der Waals surface area contributed by atoms with E-state index in [-0.39, 0.29) is 31.3 Å². The minimum Gasteiger partial charge on any atom is -0.368 e. The predicted octanol–water partition coefficient (Wildman–Crippen LogP) is 3.70. The summed E-state index contributed by atoms with van der Waals surface area (Å²) in [6.07, 6.45) is -2.88. The highest BCUT2D eigenvalue weighted by atomic mass is 35.5. The van der Waals surface area contributed by atoms with Gasteiger partial charge >= 0.3 is 6.18 Å². The number of nitrogens with zero attached hydrogens (tertiary/aromatic N) is 2. The Kier molecular flexibility index (Phi) is 6.52. The molecule has 1 saturated carbocycles. The van der Waals surface area contributed by atoms with Gasteiger partial charge in [-0.1, -0.05) is 30.2 Å². The Morgan fingerprint density at radius 3 is 2.52 bits per heavy atom. The van der Waals surface area contributed by atoms with E-state index in [0.717, 1.165) is 18.8 Å². The number of rotatable bonds is 4. The maximum atomic E-state index is 12.9. The minimum absolute atomic E-state index is 0.00444. The summed E-state index contributed by atoms with van der Waals surface area (Å²) in [7, 11) is 0. The van der Waals surface area contributed by atoms with Crippen LogP contribution in [0, 0.1) is 5.92 Å². The molecule has 4 nitrogen and oxygen atoms in total. The van der Waals surface area contributed by atoms with E-state index in [9.17, 15) is 18.0 Å². The number of carbonyl (C=O) groups excluding carboxylic acids is 1. The Labute approximate surface area is 162 Å². The summed E-state index contributed by atoms with van der Waals surface area (Å²) in [5.74, 6) is -1.48. The molecule has 2 aliphatic rings. The monoisotopic (exact) mass is 403 g/mol. The van der Waals surface area contributed by atoms with Crippen molar-refractivity contribution in [3.63, 3.8) is 0 Å². The van der Waals surface area contributed by atoms with Crippen molar-refractivity contribution >= 4 is 23.2 Å². The smallest absolute Gasteiger partial charge is 0.368 e. The van der Waals surface area contributed by atoms with Gasteiger partial charge in [0.1, 0.15) is 0 Å². The number of carbonyl (C=O) groups is 1. The van der Waals surface area contributed by atoms with Crippen LogP contribution in [0.5, 0.6) is 0 Å². The summed E-state index contributed by atoms with van der Waals surface area (Å²) in [6.45, 7) is 3.18. The van der Waals surface area contributed by atoms with Crippen LogP contribution in [0.4, 0.5) is 18.9 Å². The maximum absolute atomic E-state index is 12.9. The topological polar surface area (TPSA) is 35.6 Å². The number of alkyl halides is 3. The van der Waals surface area contributed by atoms with Crippen LogP contribution in [0.15, 0.2) is 24.3 Å². The molecule has 1 aliphatic carbocycles. The summed E-state index contributed by atoms with van der Waals surface area (Å²) >= 11 is 6.23. The van der Waals surface area contributed by atoms with Gasteiger partial charge in [0.15, 0.2) is 0 Å². The molecule has 0 bridgehead atoms. The van der Waals surface area contributed by atoms with Gasteiger partial charge in [0.25, 0.3) is 0 Å². The van der Waals surface area contributed by atoms with Crippen molar-refractivity contribution in [1.29, 1.82) is 0 Å². The fraction of sp³-hybridized carbons (Fsp3) is 0.632. The number of nitrogens with one attached hydrogen (secondary N) is 1. The van der Waals surface area contributed by atoms with Crippen LogP contribution in [0.1, 0.15) is 25.7 Å². The number of anilines is 1. The van der Waals surface area contributed by atoms with E-state index in [1.165, 1.54) is 0 Å². The van der Waals surface area contributed by atoms with E-state index in [1.807, 2.05) is 29.2 Å².